The minimum atomic E-state index is -3.85. The number of fused-ring (bicyclic) bond motifs is 1. The standard InChI is InChI=1S/C17H19ClN2O4S4/c1-10-13-6-5-11(18)7-14(13)26-15(10)28(23,24)20-16-19-12(8-25-16)9-27(21,22)17(2,3)4/h5-8H,9H2,1-4H3,(H,19,20). The van der Waals surface area contributed by atoms with Gasteiger partial charge in [-0.25, -0.2) is 21.8 Å². The van der Waals surface area contributed by atoms with Crippen LogP contribution in [0.4, 0.5) is 5.13 Å². The normalized spacial score (nSPS) is 13.2. The number of sulfonamides is 1. The van der Waals surface area contributed by atoms with Crippen molar-refractivity contribution in [3.8, 4) is 0 Å². The van der Waals surface area contributed by atoms with E-state index in [1.807, 2.05) is 0 Å². The van der Waals surface area contributed by atoms with E-state index < -0.39 is 24.6 Å². The summed E-state index contributed by atoms with van der Waals surface area (Å²) in [6, 6.07) is 5.24. The van der Waals surface area contributed by atoms with Gasteiger partial charge in [-0.2, -0.15) is 0 Å². The molecule has 3 aromatic rings. The van der Waals surface area contributed by atoms with Crippen LogP contribution < -0.4 is 4.72 Å². The molecule has 152 valence electrons. The number of aromatic nitrogens is 1. The molecular formula is C17H19ClN2O4S4. The van der Waals surface area contributed by atoms with E-state index in [2.05, 4.69) is 9.71 Å². The highest BCUT2D eigenvalue weighted by atomic mass is 35.5. The third-order valence-corrected chi connectivity index (χ3v) is 11.1. The van der Waals surface area contributed by atoms with Crippen LogP contribution in [-0.4, -0.2) is 26.6 Å². The van der Waals surface area contributed by atoms with Crippen LogP contribution in [0.1, 0.15) is 32.0 Å². The predicted molar refractivity (Wildman–Crippen MR) is 117 cm³/mol. The van der Waals surface area contributed by atoms with Crippen molar-refractivity contribution in [2.45, 2.75) is 42.4 Å². The summed E-state index contributed by atoms with van der Waals surface area (Å²) in [5.41, 5.74) is 0.953. The second-order valence-corrected chi connectivity index (χ2v) is 14.2. The molecule has 28 heavy (non-hydrogen) atoms. The molecule has 6 nitrogen and oxygen atoms in total. The maximum atomic E-state index is 12.8. The van der Waals surface area contributed by atoms with Crippen molar-refractivity contribution in [3.63, 3.8) is 0 Å². The molecule has 0 atom stereocenters. The van der Waals surface area contributed by atoms with E-state index in [1.165, 1.54) is 0 Å². The third-order valence-electron chi connectivity index (χ3n) is 4.14. The van der Waals surface area contributed by atoms with Gasteiger partial charge < -0.3 is 0 Å². The number of thiazole rings is 1. The molecule has 2 aromatic heterocycles. The average molecular weight is 479 g/mol. The molecule has 11 heteroatoms. The molecule has 1 N–H and O–H groups in total. The van der Waals surface area contributed by atoms with Crippen molar-refractivity contribution in [2.24, 2.45) is 0 Å². The SMILES string of the molecule is Cc1c(S(=O)(=O)Nc2nc(CS(=O)(=O)C(C)(C)C)cs2)sc2cc(Cl)ccc12. The number of nitrogens with one attached hydrogen (secondary N) is 1. The summed E-state index contributed by atoms with van der Waals surface area (Å²) in [5, 5.41) is 3.05. The van der Waals surface area contributed by atoms with E-state index in [0.29, 0.717) is 16.3 Å². The molecule has 0 fully saturated rings. The van der Waals surface area contributed by atoms with Gasteiger partial charge in [0.1, 0.15) is 4.21 Å². The Bertz CT molecular complexity index is 1250. The number of benzene rings is 1. The molecule has 0 saturated heterocycles. The summed E-state index contributed by atoms with van der Waals surface area (Å²) in [5.74, 6) is -0.241. The van der Waals surface area contributed by atoms with Crippen LogP contribution in [-0.2, 0) is 25.6 Å². The van der Waals surface area contributed by atoms with Crippen molar-refractivity contribution in [1.29, 1.82) is 0 Å². The first-order valence-electron chi connectivity index (χ1n) is 8.18. The van der Waals surface area contributed by atoms with Gasteiger partial charge >= 0.3 is 0 Å². The smallest absolute Gasteiger partial charge is 0.254 e. The quantitative estimate of drug-likeness (QED) is 0.566. The van der Waals surface area contributed by atoms with Gasteiger partial charge in [0.05, 0.1) is 16.2 Å². The fourth-order valence-corrected chi connectivity index (χ4v) is 7.51. The molecule has 0 radical (unpaired) electrons. The number of thiophene rings is 1. The van der Waals surface area contributed by atoms with Crippen molar-refractivity contribution >= 4 is 69.4 Å². The summed E-state index contributed by atoms with van der Waals surface area (Å²) in [4.78, 5) is 4.15. The summed E-state index contributed by atoms with van der Waals surface area (Å²) in [7, 11) is -7.26. The first-order valence-corrected chi connectivity index (χ1v) is 13.4. The second-order valence-electron chi connectivity index (χ2n) is 7.28. The molecule has 0 amide bonds. The van der Waals surface area contributed by atoms with Crippen LogP contribution in [0.25, 0.3) is 10.1 Å². The number of halogens is 1. The molecule has 0 unspecified atom stereocenters. The average Bonchev–Trinajstić information content (AvgIpc) is 3.10. The lowest BCUT2D eigenvalue weighted by Crippen LogP contribution is -2.29. The number of nitrogens with zero attached hydrogens (tertiary/aromatic N) is 1. The Hall–Kier alpha value is -1.20. The summed E-state index contributed by atoms with van der Waals surface area (Å²) >= 11 is 8.18. The molecule has 0 saturated carbocycles. The number of hydrogen-bond donors (Lipinski definition) is 1. The largest absolute Gasteiger partial charge is 0.273 e. The Labute approximate surface area is 177 Å². The highest BCUT2D eigenvalue weighted by Crippen LogP contribution is 2.36. The lowest BCUT2D eigenvalue weighted by molar-refractivity contribution is 0.559. The zero-order valence-electron chi connectivity index (χ0n) is 15.6. The maximum absolute atomic E-state index is 12.8. The summed E-state index contributed by atoms with van der Waals surface area (Å²) < 4.78 is 52.9. The van der Waals surface area contributed by atoms with E-state index >= 15 is 0 Å². The van der Waals surface area contributed by atoms with Crippen molar-refractivity contribution in [3.05, 3.63) is 39.9 Å². The van der Waals surface area contributed by atoms with Gasteiger partial charge in [-0.1, -0.05) is 17.7 Å². The number of rotatable bonds is 5. The van der Waals surface area contributed by atoms with Gasteiger partial charge in [0.15, 0.2) is 15.0 Å². The van der Waals surface area contributed by atoms with E-state index in [1.54, 1.807) is 51.3 Å². The van der Waals surface area contributed by atoms with E-state index in [0.717, 1.165) is 32.8 Å². The van der Waals surface area contributed by atoms with Crippen LogP contribution in [0.5, 0.6) is 0 Å². The first-order chi connectivity index (χ1) is 12.8. The zero-order chi connectivity index (χ0) is 20.9. The Morgan fingerprint density at radius 1 is 1.18 bits per heavy atom. The minimum absolute atomic E-state index is 0.133. The van der Waals surface area contributed by atoms with Crippen molar-refractivity contribution in [2.75, 3.05) is 4.72 Å². The Morgan fingerprint density at radius 3 is 2.50 bits per heavy atom. The molecule has 0 spiro atoms. The maximum Gasteiger partial charge on any atom is 0.273 e. The predicted octanol–water partition coefficient (Wildman–Crippen LogP) is 4.83. The lowest BCUT2D eigenvalue weighted by Gasteiger charge is -2.18. The van der Waals surface area contributed by atoms with Gasteiger partial charge in [0.2, 0.25) is 0 Å². The summed E-state index contributed by atoms with van der Waals surface area (Å²) in [6.07, 6.45) is 0. The van der Waals surface area contributed by atoms with Gasteiger partial charge in [-0.3, -0.25) is 4.72 Å². The third kappa shape index (κ3) is 4.20. The summed E-state index contributed by atoms with van der Waals surface area (Å²) in [6.45, 7) is 6.60. The second kappa shape index (κ2) is 7.24. The van der Waals surface area contributed by atoms with Gasteiger partial charge in [0.25, 0.3) is 10.0 Å². The Kier molecular flexibility index (Phi) is 5.56. The fraction of sp³-hybridized carbons (Fsp3) is 0.353. The molecule has 0 aliphatic rings. The van der Waals surface area contributed by atoms with Gasteiger partial charge in [0, 0.05) is 15.1 Å². The van der Waals surface area contributed by atoms with E-state index in [9.17, 15) is 16.8 Å². The topological polar surface area (TPSA) is 93.2 Å². The van der Waals surface area contributed by atoms with Gasteiger partial charge in [-0.15, -0.1) is 22.7 Å². The highest BCUT2D eigenvalue weighted by molar-refractivity contribution is 7.95. The Morgan fingerprint density at radius 2 is 1.86 bits per heavy atom. The van der Waals surface area contributed by atoms with Crippen molar-refractivity contribution < 1.29 is 16.8 Å². The molecule has 1 aromatic carbocycles. The first kappa shape index (κ1) is 21.5. The molecule has 0 bridgehead atoms. The number of hydrogen-bond acceptors (Lipinski definition) is 7. The monoisotopic (exact) mass is 478 g/mol. The lowest BCUT2D eigenvalue weighted by atomic mass is 10.2. The minimum Gasteiger partial charge on any atom is -0.254 e. The van der Waals surface area contributed by atoms with Crippen LogP contribution in [0.2, 0.25) is 5.02 Å². The van der Waals surface area contributed by atoms with Crippen molar-refractivity contribution in [1.82, 2.24) is 4.98 Å². The van der Waals surface area contributed by atoms with Crippen LogP contribution in [0.15, 0.2) is 27.8 Å². The molecule has 0 aliphatic carbocycles. The van der Waals surface area contributed by atoms with Crippen LogP contribution >= 0.6 is 34.3 Å². The van der Waals surface area contributed by atoms with Gasteiger partial charge in [-0.05, 0) is 50.8 Å². The molecule has 0 aliphatic heterocycles. The number of anilines is 1. The van der Waals surface area contributed by atoms with E-state index in [-0.39, 0.29) is 15.1 Å². The Balaban J connectivity index is 1.88. The highest BCUT2D eigenvalue weighted by Gasteiger charge is 2.30. The number of sulfone groups is 1. The van der Waals surface area contributed by atoms with Crippen LogP contribution in [0.3, 0.4) is 0 Å². The van der Waals surface area contributed by atoms with Crippen LogP contribution in [0, 0.1) is 6.92 Å². The zero-order valence-corrected chi connectivity index (χ0v) is 19.6. The fourth-order valence-electron chi connectivity index (χ4n) is 2.43. The molecular weight excluding hydrogens is 460 g/mol. The van der Waals surface area contributed by atoms with E-state index in [4.69, 9.17) is 11.6 Å². The molecule has 3 rings (SSSR count). The number of aryl methyl sites for hydroxylation is 1. The molecule has 2 heterocycles.